The van der Waals surface area contributed by atoms with Gasteiger partial charge in [-0.05, 0) is 37.8 Å². The maximum absolute atomic E-state index is 12.6. The molecule has 0 unspecified atom stereocenters. The smallest absolute Gasteiger partial charge is 0.244 e. The minimum atomic E-state index is -3.39. The number of nitrogens with zero attached hydrogens (tertiary/aromatic N) is 1. The Bertz CT molecular complexity index is 521. The first-order valence-electron chi connectivity index (χ1n) is 6.24. The molecule has 0 saturated heterocycles. The first-order chi connectivity index (χ1) is 8.95. The van der Waals surface area contributed by atoms with Gasteiger partial charge in [0.15, 0.2) is 0 Å². The van der Waals surface area contributed by atoms with Gasteiger partial charge in [-0.15, -0.1) is 17.9 Å². The predicted octanol–water partition coefficient (Wildman–Crippen LogP) is 2.36. The molecule has 0 aliphatic rings. The molecule has 108 valence electrons. The van der Waals surface area contributed by atoms with Crippen LogP contribution in [0, 0.1) is 6.92 Å². The molecule has 1 aromatic heterocycles. The molecule has 0 aromatic carbocycles. The van der Waals surface area contributed by atoms with Crippen LogP contribution in [0.5, 0.6) is 0 Å². The van der Waals surface area contributed by atoms with Crippen LogP contribution in [0.4, 0.5) is 0 Å². The van der Waals surface area contributed by atoms with Crippen LogP contribution in [-0.4, -0.2) is 33.4 Å². The highest BCUT2D eigenvalue weighted by atomic mass is 32.2. The molecule has 6 heteroatoms. The summed E-state index contributed by atoms with van der Waals surface area (Å²) in [4.78, 5) is 1.34. The highest BCUT2D eigenvalue weighted by molar-refractivity contribution is 7.89. The lowest BCUT2D eigenvalue weighted by Crippen LogP contribution is -2.29. The van der Waals surface area contributed by atoms with Gasteiger partial charge in [-0.2, -0.15) is 0 Å². The van der Waals surface area contributed by atoms with Crippen LogP contribution in [0.1, 0.15) is 23.3 Å². The molecule has 0 radical (unpaired) electrons. The quantitative estimate of drug-likeness (QED) is 0.592. The number of aryl methyl sites for hydroxylation is 1. The SMILES string of the molecule is C=CCCCN(C)S(=O)(=O)c1c(C)csc1CNC. The highest BCUT2D eigenvalue weighted by Gasteiger charge is 2.26. The zero-order valence-electron chi connectivity index (χ0n) is 11.8. The summed E-state index contributed by atoms with van der Waals surface area (Å²) in [5.74, 6) is 0. The molecule has 1 aromatic rings. The van der Waals surface area contributed by atoms with Gasteiger partial charge in [0.25, 0.3) is 0 Å². The average molecular weight is 302 g/mol. The lowest BCUT2D eigenvalue weighted by Gasteiger charge is -2.18. The molecule has 4 nitrogen and oxygen atoms in total. The van der Waals surface area contributed by atoms with Gasteiger partial charge in [0.2, 0.25) is 10.0 Å². The summed E-state index contributed by atoms with van der Waals surface area (Å²) in [7, 11) is 0.0661. The van der Waals surface area contributed by atoms with Crippen molar-refractivity contribution in [3.05, 3.63) is 28.5 Å². The topological polar surface area (TPSA) is 49.4 Å². The van der Waals surface area contributed by atoms with Crippen LogP contribution < -0.4 is 5.32 Å². The van der Waals surface area contributed by atoms with Gasteiger partial charge < -0.3 is 5.32 Å². The minimum Gasteiger partial charge on any atom is -0.315 e. The van der Waals surface area contributed by atoms with Gasteiger partial charge in [0, 0.05) is 25.0 Å². The van der Waals surface area contributed by atoms with Crippen LogP contribution in [-0.2, 0) is 16.6 Å². The zero-order chi connectivity index (χ0) is 14.5. The molecule has 1 N–H and O–H groups in total. The molecule has 1 heterocycles. The number of hydrogen-bond acceptors (Lipinski definition) is 4. The van der Waals surface area contributed by atoms with Crippen molar-refractivity contribution < 1.29 is 8.42 Å². The average Bonchev–Trinajstić information content (AvgIpc) is 2.71. The maximum Gasteiger partial charge on any atom is 0.244 e. The molecular weight excluding hydrogens is 280 g/mol. The van der Waals surface area contributed by atoms with Crippen molar-refractivity contribution in [2.45, 2.75) is 31.2 Å². The van der Waals surface area contributed by atoms with Crippen LogP contribution in [0.2, 0.25) is 0 Å². The van der Waals surface area contributed by atoms with Crippen molar-refractivity contribution >= 4 is 21.4 Å². The molecule has 0 fully saturated rings. The molecule has 19 heavy (non-hydrogen) atoms. The van der Waals surface area contributed by atoms with Crippen molar-refractivity contribution in [3.63, 3.8) is 0 Å². The van der Waals surface area contributed by atoms with Gasteiger partial charge in [-0.3, -0.25) is 0 Å². The van der Waals surface area contributed by atoms with E-state index in [1.807, 2.05) is 25.4 Å². The van der Waals surface area contributed by atoms with E-state index in [1.54, 1.807) is 7.05 Å². The van der Waals surface area contributed by atoms with E-state index >= 15 is 0 Å². The fourth-order valence-electron chi connectivity index (χ4n) is 1.85. The Balaban J connectivity index is 2.98. The van der Waals surface area contributed by atoms with E-state index in [0.717, 1.165) is 23.3 Å². The Morgan fingerprint density at radius 2 is 2.21 bits per heavy atom. The van der Waals surface area contributed by atoms with Crippen molar-refractivity contribution in [3.8, 4) is 0 Å². The Hall–Kier alpha value is -0.690. The zero-order valence-corrected chi connectivity index (χ0v) is 13.4. The van der Waals surface area contributed by atoms with Gasteiger partial charge in [0.1, 0.15) is 4.90 Å². The lowest BCUT2D eigenvalue weighted by molar-refractivity contribution is 0.462. The van der Waals surface area contributed by atoms with Gasteiger partial charge in [0.05, 0.1) is 0 Å². The largest absolute Gasteiger partial charge is 0.315 e. The molecule has 0 bridgehead atoms. The second-order valence-electron chi connectivity index (χ2n) is 4.46. The summed E-state index contributed by atoms with van der Waals surface area (Å²) >= 11 is 1.49. The number of hydrogen-bond donors (Lipinski definition) is 1. The van der Waals surface area contributed by atoms with Crippen LogP contribution in [0.3, 0.4) is 0 Å². The summed E-state index contributed by atoms with van der Waals surface area (Å²) in [5.41, 5.74) is 0.825. The summed E-state index contributed by atoms with van der Waals surface area (Å²) in [6.07, 6.45) is 3.43. The third kappa shape index (κ3) is 3.89. The molecule has 0 spiro atoms. The minimum absolute atomic E-state index is 0.466. The predicted molar refractivity (Wildman–Crippen MR) is 81.1 cm³/mol. The maximum atomic E-state index is 12.6. The normalized spacial score (nSPS) is 12.0. The van der Waals surface area contributed by atoms with Crippen LogP contribution in [0.25, 0.3) is 0 Å². The number of sulfonamides is 1. The Kier molecular flexibility index (Phi) is 6.19. The number of allylic oxidation sites excluding steroid dienone is 1. The van der Waals surface area contributed by atoms with Gasteiger partial charge >= 0.3 is 0 Å². The van der Waals surface area contributed by atoms with Crippen molar-refractivity contribution in [1.29, 1.82) is 0 Å². The number of nitrogens with one attached hydrogen (secondary N) is 1. The molecular formula is C13H22N2O2S2. The van der Waals surface area contributed by atoms with Crippen molar-refractivity contribution in [1.82, 2.24) is 9.62 Å². The van der Waals surface area contributed by atoms with E-state index in [-0.39, 0.29) is 0 Å². The summed E-state index contributed by atoms with van der Waals surface area (Å²) in [6.45, 7) is 6.59. The molecule has 1 rings (SSSR count). The standard InChI is InChI=1S/C13H22N2O2S2/c1-5-6-7-8-15(4)19(16,17)13-11(2)10-18-12(13)9-14-3/h5,10,14H,1,6-9H2,2-4H3. The number of rotatable bonds is 8. The van der Waals surface area contributed by atoms with E-state index in [4.69, 9.17) is 0 Å². The van der Waals surface area contributed by atoms with Crippen LogP contribution in [0.15, 0.2) is 22.9 Å². The first-order valence-corrected chi connectivity index (χ1v) is 8.56. The monoisotopic (exact) mass is 302 g/mol. The van der Waals surface area contributed by atoms with Gasteiger partial charge in [-0.1, -0.05) is 6.08 Å². The Morgan fingerprint density at radius 1 is 1.53 bits per heavy atom. The summed E-state index contributed by atoms with van der Waals surface area (Å²) in [5, 5.41) is 4.92. The fourth-order valence-corrected chi connectivity index (χ4v) is 4.82. The Labute approximate surface area is 120 Å². The second kappa shape index (κ2) is 7.19. The molecule has 0 atom stereocenters. The number of unbranched alkanes of at least 4 members (excludes halogenated alkanes) is 1. The first kappa shape index (κ1) is 16.4. The van der Waals surface area contributed by atoms with Crippen molar-refractivity contribution in [2.24, 2.45) is 0 Å². The lowest BCUT2D eigenvalue weighted by atomic mass is 10.3. The summed E-state index contributed by atoms with van der Waals surface area (Å²) < 4.78 is 26.6. The second-order valence-corrected chi connectivity index (χ2v) is 7.40. The molecule has 0 aliphatic carbocycles. The van der Waals surface area contributed by atoms with E-state index in [9.17, 15) is 8.42 Å². The van der Waals surface area contributed by atoms with E-state index in [2.05, 4.69) is 11.9 Å². The van der Waals surface area contributed by atoms with E-state index in [1.165, 1.54) is 15.6 Å². The van der Waals surface area contributed by atoms with E-state index in [0.29, 0.717) is 18.0 Å². The molecule has 0 saturated carbocycles. The highest BCUT2D eigenvalue weighted by Crippen LogP contribution is 2.29. The third-order valence-electron chi connectivity index (χ3n) is 2.88. The fraction of sp³-hybridized carbons (Fsp3) is 0.538. The third-order valence-corrected chi connectivity index (χ3v) is 6.20. The van der Waals surface area contributed by atoms with Gasteiger partial charge in [-0.25, -0.2) is 12.7 Å². The van der Waals surface area contributed by atoms with E-state index < -0.39 is 10.0 Å². The van der Waals surface area contributed by atoms with Crippen LogP contribution >= 0.6 is 11.3 Å². The Morgan fingerprint density at radius 3 is 2.79 bits per heavy atom. The molecule has 0 aliphatic heterocycles. The number of thiophene rings is 1. The molecule has 0 amide bonds. The summed E-state index contributed by atoms with van der Waals surface area (Å²) in [6, 6.07) is 0. The van der Waals surface area contributed by atoms with Crippen molar-refractivity contribution in [2.75, 3.05) is 20.6 Å².